The number of aromatic amines is 1. The summed E-state index contributed by atoms with van der Waals surface area (Å²) in [6, 6.07) is 15.3. The Morgan fingerprint density at radius 1 is 1.11 bits per heavy atom. The third-order valence-electron chi connectivity index (χ3n) is 2.86. The van der Waals surface area contributed by atoms with Crippen molar-refractivity contribution in [3.63, 3.8) is 0 Å². The van der Waals surface area contributed by atoms with E-state index in [9.17, 15) is 4.79 Å². The van der Waals surface area contributed by atoms with Gasteiger partial charge in [-0.2, -0.15) is 0 Å². The third kappa shape index (κ3) is 3.17. The van der Waals surface area contributed by atoms with Gasteiger partial charge in [-0.3, -0.25) is 4.79 Å². The molecule has 18 heavy (non-hydrogen) atoms. The Labute approximate surface area is 107 Å². The Morgan fingerprint density at radius 2 is 1.83 bits per heavy atom. The van der Waals surface area contributed by atoms with E-state index in [-0.39, 0.29) is 5.91 Å². The van der Waals surface area contributed by atoms with Gasteiger partial charge in [-0.05, 0) is 12.1 Å². The van der Waals surface area contributed by atoms with Crippen LogP contribution in [0.3, 0.4) is 0 Å². The molecular weight excluding hydrogens is 224 g/mol. The highest BCUT2D eigenvalue weighted by atomic mass is 16.2. The number of benzene rings is 1. The van der Waals surface area contributed by atoms with Gasteiger partial charge in [0.25, 0.3) is 5.91 Å². The van der Waals surface area contributed by atoms with E-state index in [1.165, 1.54) is 0 Å². The largest absolute Gasteiger partial charge is 0.341 e. The molecule has 0 spiro atoms. The van der Waals surface area contributed by atoms with Crippen molar-refractivity contribution in [1.82, 2.24) is 4.90 Å². The van der Waals surface area contributed by atoms with Crippen molar-refractivity contribution in [3.8, 4) is 0 Å². The van der Waals surface area contributed by atoms with Crippen LogP contribution in [-0.4, -0.2) is 24.4 Å². The predicted octanol–water partition coefficient (Wildman–Crippen LogP) is 1.82. The van der Waals surface area contributed by atoms with Crippen molar-refractivity contribution in [3.05, 3.63) is 66.0 Å². The van der Waals surface area contributed by atoms with Crippen LogP contribution < -0.4 is 4.98 Å². The lowest BCUT2D eigenvalue weighted by Gasteiger charge is -2.15. The van der Waals surface area contributed by atoms with Gasteiger partial charge in [0.05, 0.1) is 0 Å². The highest BCUT2D eigenvalue weighted by Gasteiger charge is 2.11. The Balaban J connectivity index is 1.93. The summed E-state index contributed by atoms with van der Waals surface area (Å²) in [6.07, 6.45) is 2.73. The third-order valence-corrected chi connectivity index (χ3v) is 2.86. The molecule has 1 amide bonds. The number of H-pyrrole nitrogens is 1. The van der Waals surface area contributed by atoms with Crippen LogP contribution in [0.4, 0.5) is 0 Å². The molecule has 2 rings (SSSR count). The first-order valence-corrected chi connectivity index (χ1v) is 6.03. The molecule has 0 saturated carbocycles. The molecule has 0 unspecified atom stereocenters. The number of pyridine rings is 1. The highest BCUT2D eigenvalue weighted by molar-refractivity contribution is 5.93. The lowest BCUT2D eigenvalue weighted by molar-refractivity contribution is -0.390. The molecule has 0 radical (unpaired) electrons. The molecule has 0 atom stereocenters. The number of nitrogens with zero attached hydrogens (tertiary/aromatic N) is 1. The average Bonchev–Trinajstić information content (AvgIpc) is 2.46. The fraction of sp³-hybridized carbons (Fsp3) is 0.200. The van der Waals surface area contributed by atoms with Gasteiger partial charge in [0.15, 0.2) is 11.9 Å². The molecule has 92 valence electrons. The monoisotopic (exact) mass is 241 g/mol. The Morgan fingerprint density at radius 3 is 2.50 bits per heavy atom. The second kappa shape index (κ2) is 5.96. The number of nitrogens with one attached hydrogen (secondary N) is 1. The number of carbonyl (C=O) groups is 1. The zero-order valence-corrected chi connectivity index (χ0v) is 10.5. The molecule has 1 N–H and O–H groups in total. The minimum absolute atomic E-state index is 0.0616. The Kier molecular flexibility index (Phi) is 4.07. The summed E-state index contributed by atoms with van der Waals surface area (Å²) >= 11 is 0. The van der Waals surface area contributed by atoms with Crippen molar-refractivity contribution >= 4 is 5.91 Å². The molecule has 1 heterocycles. The number of hydrogen-bond donors (Lipinski definition) is 0. The quantitative estimate of drug-likeness (QED) is 0.804. The van der Waals surface area contributed by atoms with Crippen LogP contribution in [0.1, 0.15) is 16.1 Å². The summed E-state index contributed by atoms with van der Waals surface area (Å²) in [5.74, 6) is 0.0616. The first kappa shape index (κ1) is 12.3. The number of rotatable bonds is 4. The molecule has 0 aliphatic rings. The van der Waals surface area contributed by atoms with E-state index in [2.05, 4.69) is 4.98 Å². The van der Waals surface area contributed by atoms with Gasteiger partial charge in [0.2, 0.25) is 0 Å². The molecule has 3 heteroatoms. The number of aromatic nitrogens is 1. The molecule has 1 aromatic carbocycles. The van der Waals surface area contributed by atoms with Crippen LogP contribution in [0.25, 0.3) is 0 Å². The van der Waals surface area contributed by atoms with E-state index in [4.69, 9.17) is 0 Å². The summed E-state index contributed by atoms with van der Waals surface area (Å²) in [5, 5.41) is 0. The lowest BCUT2D eigenvalue weighted by atomic mass is 10.2. The highest BCUT2D eigenvalue weighted by Crippen LogP contribution is 2.03. The summed E-state index contributed by atoms with van der Waals surface area (Å²) in [5.41, 5.74) is 1.86. The minimum Gasteiger partial charge on any atom is -0.341 e. The maximum Gasteiger partial charge on any atom is 0.253 e. The Bertz CT molecular complexity index is 496. The molecule has 2 aromatic rings. The standard InChI is InChI=1S/C15H16N2O/c1-17(12-10-14-9-5-6-11-16-14)15(18)13-7-3-2-4-8-13/h2-9,11H,10,12H2,1H3/p+1. The second-order valence-corrected chi connectivity index (χ2v) is 4.23. The zero-order chi connectivity index (χ0) is 12.8. The SMILES string of the molecule is CN(CCc1cccc[nH+]1)C(=O)c1ccccc1. The van der Waals surface area contributed by atoms with E-state index in [1.54, 1.807) is 4.90 Å². The lowest BCUT2D eigenvalue weighted by Crippen LogP contribution is -2.30. The topological polar surface area (TPSA) is 34.5 Å². The average molecular weight is 241 g/mol. The fourth-order valence-corrected chi connectivity index (χ4v) is 1.78. The maximum absolute atomic E-state index is 12.1. The summed E-state index contributed by atoms with van der Waals surface area (Å²) in [7, 11) is 1.83. The molecule has 0 saturated heterocycles. The van der Waals surface area contributed by atoms with Crippen LogP contribution in [0.15, 0.2) is 54.7 Å². The van der Waals surface area contributed by atoms with Crippen molar-refractivity contribution in [2.24, 2.45) is 0 Å². The van der Waals surface area contributed by atoms with E-state index < -0.39 is 0 Å². The molecule has 0 fully saturated rings. The normalized spacial score (nSPS) is 10.1. The van der Waals surface area contributed by atoms with Gasteiger partial charge < -0.3 is 4.90 Å². The molecule has 3 nitrogen and oxygen atoms in total. The van der Waals surface area contributed by atoms with Crippen LogP contribution >= 0.6 is 0 Å². The number of hydrogen-bond acceptors (Lipinski definition) is 1. The molecule has 1 aromatic heterocycles. The minimum atomic E-state index is 0.0616. The van der Waals surface area contributed by atoms with Crippen LogP contribution in [-0.2, 0) is 6.42 Å². The van der Waals surface area contributed by atoms with Gasteiger partial charge in [0, 0.05) is 37.7 Å². The number of likely N-dealkylation sites (N-methyl/N-ethyl adjacent to an activating group) is 1. The molecule has 0 aliphatic heterocycles. The Hall–Kier alpha value is -2.16. The molecular formula is C15H17N2O+. The molecule has 0 aliphatic carbocycles. The second-order valence-electron chi connectivity index (χ2n) is 4.23. The summed E-state index contributed by atoms with van der Waals surface area (Å²) < 4.78 is 0. The maximum atomic E-state index is 12.1. The smallest absolute Gasteiger partial charge is 0.253 e. The van der Waals surface area contributed by atoms with E-state index in [1.807, 2.05) is 61.8 Å². The van der Waals surface area contributed by atoms with Gasteiger partial charge >= 0.3 is 0 Å². The molecule has 0 bridgehead atoms. The van der Waals surface area contributed by atoms with Crippen LogP contribution in [0, 0.1) is 0 Å². The van der Waals surface area contributed by atoms with Crippen molar-refractivity contribution in [2.75, 3.05) is 13.6 Å². The van der Waals surface area contributed by atoms with Crippen molar-refractivity contribution in [2.45, 2.75) is 6.42 Å². The van der Waals surface area contributed by atoms with Crippen LogP contribution in [0.5, 0.6) is 0 Å². The van der Waals surface area contributed by atoms with E-state index in [0.29, 0.717) is 6.54 Å². The first-order chi connectivity index (χ1) is 8.77. The van der Waals surface area contributed by atoms with Gasteiger partial charge in [-0.15, -0.1) is 0 Å². The van der Waals surface area contributed by atoms with Gasteiger partial charge in [-0.25, -0.2) is 4.98 Å². The van der Waals surface area contributed by atoms with Crippen LogP contribution in [0.2, 0.25) is 0 Å². The van der Waals surface area contributed by atoms with Gasteiger partial charge in [-0.1, -0.05) is 24.3 Å². The predicted molar refractivity (Wildman–Crippen MR) is 70.1 cm³/mol. The zero-order valence-electron chi connectivity index (χ0n) is 10.5. The summed E-state index contributed by atoms with van der Waals surface area (Å²) in [6.45, 7) is 0.703. The van der Waals surface area contributed by atoms with Crippen molar-refractivity contribution in [1.29, 1.82) is 0 Å². The number of carbonyl (C=O) groups excluding carboxylic acids is 1. The summed E-state index contributed by atoms with van der Waals surface area (Å²) in [4.78, 5) is 17.0. The van der Waals surface area contributed by atoms with Crippen molar-refractivity contribution < 1.29 is 9.78 Å². The fourth-order valence-electron chi connectivity index (χ4n) is 1.78. The first-order valence-electron chi connectivity index (χ1n) is 6.03. The van der Waals surface area contributed by atoms with E-state index in [0.717, 1.165) is 17.7 Å². The number of amides is 1. The van der Waals surface area contributed by atoms with Gasteiger partial charge in [0.1, 0.15) is 0 Å². The van der Waals surface area contributed by atoms with E-state index >= 15 is 0 Å².